The summed E-state index contributed by atoms with van der Waals surface area (Å²) >= 11 is 0. The second kappa shape index (κ2) is 6.80. The van der Waals surface area contributed by atoms with Crippen molar-refractivity contribution in [1.29, 1.82) is 0 Å². The minimum atomic E-state index is -0.303. The van der Waals surface area contributed by atoms with E-state index in [1.54, 1.807) is 30.3 Å². The number of hydrogen-bond acceptors (Lipinski definition) is 4. The molecule has 132 valence electrons. The van der Waals surface area contributed by atoms with Gasteiger partial charge in [0.2, 0.25) is 0 Å². The van der Waals surface area contributed by atoms with Gasteiger partial charge in [-0.25, -0.2) is 8.78 Å². The molecule has 0 saturated carbocycles. The Kier molecular flexibility index (Phi) is 4.34. The number of rotatable bonds is 2. The van der Waals surface area contributed by atoms with Gasteiger partial charge in [-0.15, -0.1) is 10.2 Å². The summed E-state index contributed by atoms with van der Waals surface area (Å²) in [6.07, 6.45) is 0.819. The fourth-order valence-electron chi connectivity index (χ4n) is 3.48. The highest BCUT2D eigenvalue weighted by Gasteiger charge is 2.24. The largest absolute Gasteiger partial charge is 0.382 e. The first-order valence-corrected chi connectivity index (χ1v) is 8.50. The van der Waals surface area contributed by atoms with Crippen LogP contribution in [0.5, 0.6) is 0 Å². The van der Waals surface area contributed by atoms with Gasteiger partial charge in [0.15, 0.2) is 0 Å². The number of anilines is 1. The maximum atomic E-state index is 15.3. The van der Waals surface area contributed by atoms with E-state index in [0.29, 0.717) is 29.2 Å². The van der Waals surface area contributed by atoms with Gasteiger partial charge in [-0.3, -0.25) is 0 Å². The molecule has 0 amide bonds. The van der Waals surface area contributed by atoms with Crippen LogP contribution >= 0.6 is 0 Å². The molecule has 26 heavy (non-hydrogen) atoms. The molecule has 3 N–H and O–H groups in total. The molecule has 1 unspecified atom stereocenters. The summed E-state index contributed by atoms with van der Waals surface area (Å²) in [6.45, 7) is 1.20. The molecule has 0 spiro atoms. The first-order valence-electron chi connectivity index (χ1n) is 8.50. The standard InChI is InChI=1S/C20H18F2N4/c21-13-3-1-12(2-4-13)14-9-10-24-11-17-15(14)5-6-16(20(17)22)18-7-8-19(23)26-25-18/h1-8,14,24H,9-11H2,(H2,23,26). The highest BCUT2D eigenvalue weighted by Crippen LogP contribution is 2.36. The summed E-state index contributed by atoms with van der Waals surface area (Å²) in [4.78, 5) is 0. The van der Waals surface area contributed by atoms with Crippen LogP contribution in [-0.4, -0.2) is 16.7 Å². The third-order valence-corrected chi connectivity index (χ3v) is 4.80. The van der Waals surface area contributed by atoms with E-state index < -0.39 is 0 Å². The van der Waals surface area contributed by atoms with Crippen LogP contribution in [0.4, 0.5) is 14.6 Å². The molecule has 0 fully saturated rings. The SMILES string of the molecule is Nc1ccc(-c2ccc3c(c2F)CNCCC3c2ccc(F)cc2)nn1. The average Bonchev–Trinajstić information content (AvgIpc) is 2.87. The van der Waals surface area contributed by atoms with Gasteiger partial charge in [0.1, 0.15) is 17.5 Å². The maximum Gasteiger partial charge on any atom is 0.146 e. The van der Waals surface area contributed by atoms with Crippen molar-refractivity contribution in [1.82, 2.24) is 15.5 Å². The van der Waals surface area contributed by atoms with E-state index in [4.69, 9.17) is 5.73 Å². The van der Waals surface area contributed by atoms with Gasteiger partial charge in [0.05, 0.1) is 5.69 Å². The highest BCUT2D eigenvalue weighted by molar-refractivity contribution is 5.63. The summed E-state index contributed by atoms with van der Waals surface area (Å²) in [5.41, 5.74) is 8.93. The Balaban J connectivity index is 1.80. The molecule has 6 heteroatoms. The number of fused-ring (bicyclic) bond motifs is 1. The summed E-state index contributed by atoms with van der Waals surface area (Å²) in [5.74, 6) is -0.268. The summed E-state index contributed by atoms with van der Waals surface area (Å²) in [7, 11) is 0. The van der Waals surface area contributed by atoms with Crippen molar-refractivity contribution in [2.45, 2.75) is 18.9 Å². The van der Waals surface area contributed by atoms with Gasteiger partial charge in [-0.05, 0) is 54.4 Å². The zero-order chi connectivity index (χ0) is 18.1. The minimum Gasteiger partial charge on any atom is -0.382 e. The van der Waals surface area contributed by atoms with E-state index in [9.17, 15) is 4.39 Å². The second-order valence-corrected chi connectivity index (χ2v) is 6.41. The summed E-state index contributed by atoms with van der Waals surface area (Å²) in [5, 5.41) is 11.1. The molecule has 0 aliphatic carbocycles. The van der Waals surface area contributed by atoms with Gasteiger partial charge in [0.25, 0.3) is 0 Å². The lowest BCUT2D eigenvalue weighted by Gasteiger charge is -2.19. The molecular formula is C20H18F2N4. The number of aromatic nitrogens is 2. The van der Waals surface area contributed by atoms with Crippen LogP contribution in [0, 0.1) is 11.6 Å². The molecule has 1 atom stereocenters. The monoisotopic (exact) mass is 352 g/mol. The van der Waals surface area contributed by atoms with Crippen molar-refractivity contribution in [3.8, 4) is 11.3 Å². The number of benzene rings is 2. The fraction of sp³-hybridized carbons (Fsp3) is 0.200. The van der Waals surface area contributed by atoms with E-state index in [0.717, 1.165) is 24.1 Å². The van der Waals surface area contributed by atoms with Crippen molar-refractivity contribution < 1.29 is 8.78 Å². The van der Waals surface area contributed by atoms with Crippen molar-refractivity contribution in [3.05, 3.63) is 76.9 Å². The van der Waals surface area contributed by atoms with Crippen molar-refractivity contribution >= 4 is 5.82 Å². The van der Waals surface area contributed by atoms with E-state index >= 15 is 4.39 Å². The molecular weight excluding hydrogens is 334 g/mol. The average molecular weight is 352 g/mol. The molecule has 3 aromatic rings. The molecule has 0 radical (unpaired) electrons. The third kappa shape index (κ3) is 3.04. The minimum absolute atomic E-state index is 0.0154. The van der Waals surface area contributed by atoms with E-state index in [-0.39, 0.29) is 17.6 Å². The van der Waals surface area contributed by atoms with Crippen LogP contribution in [0.2, 0.25) is 0 Å². The van der Waals surface area contributed by atoms with Gasteiger partial charge in [0, 0.05) is 23.6 Å². The maximum absolute atomic E-state index is 15.3. The van der Waals surface area contributed by atoms with Gasteiger partial charge in [-0.2, -0.15) is 0 Å². The Morgan fingerprint density at radius 1 is 0.962 bits per heavy atom. The second-order valence-electron chi connectivity index (χ2n) is 6.41. The van der Waals surface area contributed by atoms with Crippen LogP contribution < -0.4 is 11.1 Å². The number of nitrogen functional groups attached to an aromatic ring is 1. The molecule has 4 nitrogen and oxygen atoms in total. The predicted octanol–water partition coefficient (Wildman–Crippen LogP) is 3.63. The van der Waals surface area contributed by atoms with Crippen LogP contribution in [-0.2, 0) is 6.54 Å². The third-order valence-electron chi connectivity index (χ3n) is 4.80. The Labute approximate surface area is 150 Å². The highest BCUT2D eigenvalue weighted by atomic mass is 19.1. The number of nitrogens with two attached hydrogens (primary N) is 1. The zero-order valence-corrected chi connectivity index (χ0v) is 14.0. The fourth-order valence-corrected chi connectivity index (χ4v) is 3.48. The van der Waals surface area contributed by atoms with Crippen molar-refractivity contribution in [2.24, 2.45) is 0 Å². The van der Waals surface area contributed by atoms with E-state index in [1.165, 1.54) is 12.1 Å². The lowest BCUT2D eigenvalue weighted by Crippen LogP contribution is -2.13. The molecule has 1 aromatic heterocycles. The molecule has 0 bridgehead atoms. The van der Waals surface area contributed by atoms with E-state index in [1.807, 2.05) is 6.07 Å². The lowest BCUT2D eigenvalue weighted by molar-refractivity contribution is 0.596. The van der Waals surface area contributed by atoms with Crippen molar-refractivity contribution in [3.63, 3.8) is 0 Å². The van der Waals surface area contributed by atoms with E-state index in [2.05, 4.69) is 15.5 Å². The number of nitrogens with one attached hydrogen (secondary N) is 1. The van der Waals surface area contributed by atoms with Gasteiger partial charge >= 0.3 is 0 Å². The van der Waals surface area contributed by atoms with Crippen LogP contribution in [0.3, 0.4) is 0 Å². The Morgan fingerprint density at radius 2 is 1.77 bits per heavy atom. The van der Waals surface area contributed by atoms with Crippen LogP contribution in [0.15, 0.2) is 48.5 Å². The molecule has 2 aromatic carbocycles. The molecule has 1 aliphatic heterocycles. The summed E-state index contributed by atoms with van der Waals surface area (Å²) < 4.78 is 28.5. The molecule has 2 heterocycles. The van der Waals surface area contributed by atoms with Gasteiger partial charge < -0.3 is 11.1 Å². The summed E-state index contributed by atoms with van der Waals surface area (Å²) in [6, 6.07) is 13.4. The van der Waals surface area contributed by atoms with Crippen LogP contribution in [0.25, 0.3) is 11.3 Å². The smallest absolute Gasteiger partial charge is 0.146 e. The Bertz CT molecular complexity index is 924. The molecule has 1 aliphatic rings. The lowest BCUT2D eigenvalue weighted by atomic mass is 9.85. The number of nitrogens with zero attached hydrogens (tertiary/aromatic N) is 2. The van der Waals surface area contributed by atoms with Crippen molar-refractivity contribution in [2.75, 3.05) is 12.3 Å². The zero-order valence-electron chi connectivity index (χ0n) is 14.0. The topological polar surface area (TPSA) is 63.8 Å². The number of halogens is 2. The van der Waals surface area contributed by atoms with Gasteiger partial charge in [-0.1, -0.05) is 18.2 Å². The first-order chi connectivity index (χ1) is 12.6. The molecule has 4 rings (SSSR count). The Hall–Kier alpha value is -2.86. The normalized spacial score (nSPS) is 16.8. The first kappa shape index (κ1) is 16.6. The number of hydrogen-bond donors (Lipinski definition) is 2. The predicted molar refractivity (Wildman–Crippen MR) is 96.4 cm³/mol. The molecule has 0 saturated heterocycles. The Morgan fingerprint density at radius 3 is 2.50 bits per heavy atom. The van der Waals surface area contributed by atoms with Crippen LogP contribution in [0.1, 0.15) is 29.0 Å². The quantitative estimate of drug-likeness (QED) is 0.739.